The van der Waals surface area contributed by atoms with Crippen molar-refractivity contribution in [3.05, 3.63) is 48.2 Å². The first kappa shape index (κ1) is 15.8. The van der Waals surface area contributed by atoms with Crippen LogP contribution in [0, 0.1) is 0 Å². The average molecular weight is 338 g/mol. The first-order chi connectivity index (χ1) is 12.2. The summed E-state index contributed by atoms with van der Waals surface area (Å²) in [6.45, 7) is 4.18. The van der Waals surface area contributed by atoms with Crippen molar-refractivity contribution in [2.75, 3.05) is 26.2 Å². The molecule has 3 aromatic rings. The lowest BCUT2D eigenvalue weighted by Crippen LogP contribution is -2.35. The molecule has 7 heteroatoms. The number of hydrogen-bond donors (Lipinski definition) is 1. The zero-order valence-corrected chi connectivity index (χ0v) is 14.4. The molecule has 7 nitrogen and oxygen atoms in total. The van der Waals surface area contributed by atoms with Gasteiger partial charge in [0, 0.05) is 51.0 Å². The molecule has 0 spiro atoms. The highest BCUT2D eigenvalue weighted by Gasteiger charge is 2.22. The topological polar surface area (TPSA) is 70.1 Å². The molecule has 1 aromatic carbocycles. The summed E-state index contributed by atoms with van der Waals surface area (Å²) in [6.07, 6.45) is 6.49. The Morgan fingerprint density at radius 1 is 1.24 bits per heavy atom. The quantitative estimate of drug-likeness (QED) is 0.788. The van der Waals surface area contributed by atoms with E-state index in [1.807, 2.05) is 47.1 Å². The Labute approximate surface area is 146 Å². The van der Waals surface area contributed by atoms with Crippen LogP contribution < -0.4 is 0 Å². The van der Waals surface area contributed by atoms with Crippen LogP contribution in [0.1, 0.15) is 22.6 Å². The Morgan fingerprint density at radius 3 is 3.00 bits per heavy atom. The number of aromatic amines is 1. The summed E-state index contributed by atoms with van der Waals surface area (Å²) in [5.41, 5.74) is 1.63. The molecule has 0 radical (unpaired) electrons. The molecule has 0 aliphatic carbocycles. The minimum atomic E-state index is 0.0887. The van der Waals surface area contributed by atoms with Gasteiger partial charge in [0.2, 0.25) is 0 Å². The maximum absolute atomic E-state index is 13.0. The number of imidazole rings is 1. The van der Waals surface area contributed by atoms with Gasteiger partial charge in [-0.15, -0.1) is 0 Å². The van der Waals surface area contributed by atoms with Crippen LogP contribution in [-0.4, -0.2) is 61.6 Å². The highest BCUT2D eigenvalue weighted by atomic mass is 16.2. The van der Waals surface area contributed by atoms with Crippen LogP contribution in [0.3, 0.4) is 0 Å². The number of nitrogens with one attached hydrogen (secondary N) is 1. The number of aromatic nitrogens is 4. The number of fused-ring (bicyclic) bond motifs is 1. The molecule has 3 heterocycles. The molecule has 0 atom stereocenters. The van der Waals surface area contributed by atoms with E-state index in [-0.39, 0.29) is 5.91 Å². The fraction of sp³-hybridized carbons (Fsp3) is 0.389. The van der Waals surface area contributed by atoms with E-state index >= 15 is 0 Å². The first-order valence-corrected chi connectivity index (χ1v) is 8.62. The van der Waals surface area contributed by atoms with Crippen molar-refractivity contribution in [2.45, 2.75) is 13.0 Å². The normalized spacial score (nSPS) is 16.3. The van der Waals surface area contributed by atoms with Crippen molar-refractivity contribution in [3.8, 4) is 0 Å². The molecule has 1 aliphatic rings. The summed E-state index contributed by atoms with van der Waals surface area (Å²) in [7, 11) is 2.02. The molecule has 2 aromatic heterocycles. The predicted octanol–water partition coefficient (Wildman–Crippen LogP) is 1.64. The lowest BCUT2D eigenvalue weighted by atomic mass is 10.1. The van der Waals surface area contributed by atoms with Crippen LogP contribution in [0.15, 0.2) is 36.8 Å². The minimum absolute atomic E-state index is 0.0887. The highest BCUT2D eigenvalue weighted by molar-refractivity contribution is 6.06. The molecule has 0 saturated carbocycles. The van der Waals surface area contributed by atoms with Gasteiger partial charge in [-0.25, -0.2) is 4.98 Å². The number of nitrogens with zero attached hydrogens (tertiary/aromatic N) is 5. The lowest BCUT2D eigenvalue weighted by molar-refractivity contribution is 0.0763. The van der Waals surface area contributed by atoms with Gasteiger partial charge < -0.3 is 9.47 Å². The lowest BCUT2D eigenvalue weighted by Gasteiger charge is -2.22. The van der Waals surface area contributed by atoms with Crippen LogP contribution in [0.25, 0.3) is 10.9 Å². The van der Waals surface area contributed by atoms with Crippen LogP contribution in [0.4, 0.5) is 0 Å². The second kappa shape index (κ2) is 6.68. The fourth-order valence-electron chi connectivity index (χ4n) is 3.41. The number of amides is 1. The van der Waals surface area contributed by atoms with E-state index in [1.54, 1.807) is 6.20 Å². The predicted molar refractivity (Wildman–Crippen MR) is 95.1 cm³/mol. The van der Waals surface area contributed by atoms with Crippen LogP contribution >= 0.6 is 0 Å². The van der Waals surface area contributed by atoms with Crippen molar-refractivity contribution in [1.82, 2.24) is 29.5 Å². The van der Waals surface area contributed by atoms with Gasteiger partial charge >= 0.3 is 0 Å². The van der Waals surface area contributed by atoms with E-state index in [1.165, 1.54) is 0 Å². The third-order valence-electron chi connectivity index (χ3n) is 4.88. The number of carbonyl (C=O) groups excluding carboxylic acids is 1. The number of rotatable bonds is 3. The standard InChI is InChI=1S/C18H22N6O/c1-22-9-6-19-17(22)13-23-7-3-8-24(11-10-23)18(25)14-4-2-5-16-15(14)12-20-21-16/h2,4-6,9,12H,3,7-8,10-11,13H2,1H3,(H,20,21). The van der Waals surface area contributed by atoms with E-state index in [0.717, 1.165) is 61.4 Å². The van der Waals surface area contributed by atoms with Gasteiger partial charge in [-0.05, 0) is 18.6 Å². The average Bonchev–Trinajstić information content (AvgIpc) is 3.18. The summed E-state index contributed by atoms with van der Waals surface area (Å²) in [5.74, 6) is 1.15. The second-order valence-corrected chi connectivity index (χ2v) is 6.51. The molecule has 0 bridgehead atoms. The summed E-state index contributed by atoms with van der Waals surface area (Å²) in [5, 5.41) is 7.88. The number of aryl methyl sites for hydroxylation is 1. The number of H-pyrrole nitrogens is 1. The maximum Gasteiger partial charge on any atom is 0.254 e. The van der Waals surface area contributed by atoms with Gasteiger partial charge in [0.15, 0.2) is 0 Å². The Balaban J connectivity index is 1.46. The summed E-state index contributed by atoms with van der Waals surface area (Å²) < 4.78 is 2.05. The molecule has 1 amide bonds. The van der Waals surface area contributed by atoms with Gasteiger partial charge in [-0.2, -0.15) is 5.10 Å². The van der Waals surface area contributed by atoms with Crippen LogP contribution in [-0.2, 0) is 13.6 Å². The maximum atomic E-state index is 13.0. The van der Waals surface area contributed by atoms with E-state index in [9.17, 15) is 4.79 Å². The first-order valence-electron chi connectivity index (χ1n) is 8.62. The smallest absolute Gasteiger partial charge is 0.254 e. The van der Waals surface area contributed by atoms with Gasteiger partial charge in [0.05, 0.1) is 23.8 Å². The van der Waals surface area contributed by atoms with Crippen molar-refractivity contribution in [3.63, 3.8) is 0 Å². The molecule has 1 N–H and O–H groups in total. The number of carbonyl (C=O) groups is 1. The third-order valence-corrected chi connectivity index (χ3v) is 4.88. The summed E-state index contributed by atoms with van der Waals surface area (Å²) >= 11 is 0. The Bertz CT molecular complexity index is 882. The number of benzene rings is 1. The zero-order chi connectivity index (χ0) is 17.2. The third kappa shape index (κ3) is 3.15. The van der Waals surface area contributed by atoms with Crippen molar-refractivity contribution in [2.24, 2.45) is 7.05 Å². The molecule has 0 unspecified atom stereocenters. The van der Waals surface area contributed by atoms with E-state index in [4.69, 9.17) is 0 Å². The molecule has 1 saturated heterocycles. The largest absolute Gasteiger partial charge is 0.337 e. The minimum Gasteiger partial charge on any atom is -0.337 e. The SMILES string of the molecule is Cn1ccnc1CN1CCCN(C(=O)c2cccc3[nH]ncc23)CC1. The molecular weight excluding hydrogens is 316 g/mol. The van der Waals surface area contributed by atoms with Gasteiger partial charge in [0.25, 0.3) is 5.91 Å². The highest BCUT2D eigenvalue weighted by Crippen LogP contribution is 2.19. The van der Waals surface area contributed by atoms with E-state index < -0.39 is 0 Å². The molecule has 25 heavy (non-hydrogen) atoms. The van der Waals surface area contributed by atoms with Gasteiger partial charge in [0.1, 0.15) is 5.82 Å². The molecule has 130 valence electrons. The Kier molecular flexibility index (Phi) is 4.23. The zero-order valence-electron chi connectivity index (χ0n) is 14.4. The monoisotopic (exact) mass is 338 g/mol. The van der Waals surface area contributed by atoms with E-state index in [2.05, 4.69) is 20.1 Å². The van der Waals surface area contributed by atoms with Gasteiger partial charge in [-0.1, -0.05) is 6.07 Å². The molecule has 1 aliphatic heterocycles. The summed E-state index contributed by atoms with van der Waals surface area (Å²) in [6, 6.07) is 5.73. The Hall–Kier alpha value is -2.67. The molecular formula is C18H22N6O. The number of hydrogen-bond acceptors (Lipinski definition) is 4. The van der Waals surface area contributed by atoms with E-state index in [0.29, 0.717) is 0 Å². The van der Waals surface area contributed by atoms with Crippen molar-refractivity contribution in [1.29, 1.82) is 0 Å². The van der Waals surface area contributed by atoms with Crippen LogP contribution in [0.2, 0.25) is 0 Å². The fourth-order valence-corrected chi connectivity index (χ4v) is 3.41. The van der Waals surface area contributed by atoms with Crippen molar-refractivity contribution < 1.29 is 4.79 Å². The summed E-state index contributed by atoms with van der Waals surface area (Å²) in [4.78, 5) is 21.7. The second-order valence-electron chi connectivity index (χ2n) is 6.51. The van der Waals surface area contributed by atoms with Gasteiger partial charge in [-0.3, -0.25) is 14.8 Å². The van der Waals surface area contributed by atoms with Crippen molar-refractivity contribution >= 4 is 16.8 Å². The molecule has 1 fully saturated rings. The van der Waals surface area contributed by atoms with Crippen LogP contribution in [0.5, 0.6) is 0 Å². The Morgan fingerprint density at radius 2 is 2.16 bits per heavy atom. The molecule has 4 rings (SSSR count).